The van der Waals surface area contributed by atoms with Crippen molar-refractivity contribution in [3.05, 3.63) is 45.9 Å². The normalized spacial score (nSPS) is 16.0. The lowest BCUT2D eigenvalue weighted by atomic mass is 10.0. The van der Waals surface area contributed by atoms with Crippen molar-refractivity contribution in [2.24, 2.45) is 0 Å². The summed E-state index contributed by atoms with van der Waals surface area (Å²) in [5.74, 6) is 0. The van der Waals surface area contributed by atoms with E-state index in [0.29, 0.717) is 18.1 Å². The topological polar surface area (TPSA) is 48.5 Å². The van der Waals surface area contributed by atoms with Gasteiger partial charge in [0.2, 0.25) is 0 Å². The number of urea groups is 1. The highest BCUT2D eigenvalue weighted by Crippen LogP contribution is 2.23. The van der Waals surface area contributed by atoms with E-state index < -0.39 is 0 Å². The Balaban J connectivity index is 1.56. The van der Waals surface area contributed by atoms with E-state index in [9.17, 15) is 4.79 Å². The van der Waals surface area contributed by atoms with E-state index >= 15 is 0 Å². The van der Waals surface area contributed by atoms with Crippen LogP contribution < -0.4 is 10.2 Å². The van der Waals surface area contributed by atoms with Crippen LogP contribution in [0.5, 0.6) is 0 Å². The number of halogens is 1. The molecule has 25 heavy (non-hydrogen) atoms. The first kappa shape index (κ1) is 18.0. The standard InChI is InChI=1S/C18H23ClN4OS/c1-3-16(14-5-4-6-15(19)11-14)21-17(24)22-7-9-23(10-8-22)18-20-13(2)12-25-18/h4-6,11-12,16H,3,7-10H2,1-2H3,(H,21,24). The first-order valence-electron chi connectivity index (χ1n) is 8.55. The Morgan fingerprint density at radius 1 is 1.36 bits per heavy atom. The maximum absolute atomic E-state index is 12.6. The molecule has 2 amide bonds. The van der Waals surface area contributed by atoms with Crippen LogP contribution in [0.1, 0.15) is 30.6 Å². The summed E-state index contributed by atoms with van der Waals surface area (Å²) in [5, 5.41) is 6.93. The van der Waals surface area contributed by atoms with E-state index in [1.54, 1.807) is 11.3 Å². The first-order valence-corrected chi connectivity index (χ1v) is 9.80. The highest BCUT2D eigenvalue weighted by molar-refractivity contribution is 7.13. The third-order valence-corrected chi connectivity index (χ3v) is 5.66. The predicted octanol–water partition coefficient (Wildman–Crippen LogP) is 4.09. The predicted molar refractivity (Wildman–Crippen MR) is 104 cm³/mol. The largest absolute Gasteiger partial charge is 0.345 e. The minimum atomic E-state index is -0.0224. The summed E-state index contributed by atoms with van der Waals surface area (Å²) in [6.45, 7) is 7.11. The molecule has 0 bridgehead atoms. The number of carbonyl (C=O) groups is 1. The summed E-state index contributed by atoms with van der Waals surface area (Å²) < 4.78 is 0. The van der Waals surface area contributed by atoms with Gasteiger partial charge in [-0.25, -0.2) is 9.78 Å². The van der Waals surface area contributed by atoms with Crippen LogP contribution in [0.3, 0.4) is 0 Å². The lowest BCUT2D eigenvalue weighted by Gasteiger charge is -2.35. The molecule has 0 aliphatic carbocycles. The maximum atomic E-state index is 12.6. The number of anilines is 1. The molecule has 0 spiro atoms. The molecule has 1 aliphatic heterocycles. The fourth-order valence-corrected chi connectivity index (χ4v) is 4.03. The molecule has 134 valence electrons. The van der Waals surface area contributed by atoms with Crippen molar-refractivity contribution in [2.75, 3.05) is 31.1 Å². The van der Waals surface area contributed by atoms with Gasteiger partial charge < -0.3 is 15.1 Å². The second-order valence-electron chi connectivity index (χ2n) is 6.21. The molecule has 3 rings (SSSR count). The molecular weight excluding hydrogens is 356 g/mol. The number of hydrogen-bond acceptors (Lipinski definition) is 4. The van der Waals surface area contributed by atoms with Gasteiger partial charge in [0.15, 0.2) is 5.13 Å². The Labute approximate surface area is 157 Å². The van der Waals surface area contributed by atoms with Gasteiger partial charge in [-0.3, -0.25) is 0 Å². The van der Waals surface area contributed by atoms with Gasteiger partial charge in [0.25, 0.3) is 0 Å². The van der Waals surface area contributed by atoms with Crippen molar-refractivity contribution in [1.29, 1.82) is 0 Å². The lowest BCUT2D eigenvalue weighted by Crippen LogP contribution is -2.52. The summed E-state index contributed by atoms with van der Waals surface area (Å²) in [5.41, 5.74) is 2.09. The molecule has 1 saturated heterocycles. The van der Waals surface area contributed by atoms with Crippen molar-refractivity contribution in [1.82, 2.24) is 15.2 Å². The van der Waals surface area contributed by atoms with Crippen molar-refractivity contribution in [3.63, 3.8) is 0 Å². The van der Waals surface area contributed by atoms with Crippen LogP contribution in [0.4, 0.5) is 9.93 Å². The number of aryl methyl sites for hydroxylation is 1. The third-order valence-electron chi connectivity index (χ3n) is 4.40. The van der Waals surface area contributed by atoms with Gasteiger partial charge in [0, 0.05) is 36.6 Å². The molecule has 1 aliphatic rings. The zero-order chi connectivity index (χ0) is 17.8. The van der Waals surface area contributed by atoms with Gasteiger partial charge >= 0.3 is 6.03 Å². The summed E-state index contributed by atoms with van der Waals surface area (Å²) in [4.78, 5) is 21.3. The zero-order valence-corrected chi connectivity index (χ0v) is 16.1. The Kier molecular flexibility index (Phi) is 5.81. The van der Waals surface area contributed by atoms with Crippen molar-refractivity contribution in [3.8, 4) is 0 Å². The average Bonchev–Trinajstić information content (AvgIpc) is 3.06. The fourth-order valence-electron chi connectivity index (χ4n) is 2.97. The second-order valence-corrected chi connectivity index (χ2v) is 7.48. The van der Waals surface area contributed by atoms with E-state index in [1.807, 2.05) is 36.1 Å². The maximum Gasteiger partial charge on any atom is 0.318 e. The van der Waals surface area contributed by atoms with E-state index in [4.69, 9.17) is 11.6 Å². The number of nitrogens with one attached hydrogen (secondary N) is 1. The fraction of sp³-hybridized carbons (Fsp3) is 0.444. The van der Waals surface area contributed by atoms with E-state index in [1.165, 1.54) is 0 Å². The van der Waals surface area contributed by atoms with Crippen LogP contribution in [0.15, 0.2) is 29.6 Å². The Bertz CT molecular complexity index is 727. The summed E-state index contributed by atoms with van der Waals surface area (Å²) in [6.07, 6.45) is 0.824. The highest BCUT2D eigenvalue weighted by atomic mass is 35.5. The smallest absolute Gasteiger partial charge is 0.318 e. The molecule has 2 heterocycles. The van der Waals surface area contributed by atoms with Crippen LogP contribution in [0.2, 0.25) is 5.02 Å². The zero-order valence-electron chi connectivity index (χ0n) is 14.5. The van der Waals surface area contributed by atoms with Crippen LogP contribution in [-0.4, -0.2) is 42.1 Å². The van der Waals surface area contributed by atoms with Crippen LogP contribution in [0.25, 0.3) is 0 Å². The molecule has 5 nitrogen and oxygen atoms in total. The van der Waals surface area contributed by atoms with Crippen molar-refractivity contribution >= 4 is 34.1 Å². The van der Waals surface area contributed by atoms with E-state index in [2.05, 4.69) is 27.5 Å². The Hall–Kier alpha value is -1.79. The molecule has 7 heteroatoms. The second kappa shape index (κ2) is 8.06. The minimum absolute atomic E-state index is 0.0122. The number of benzene rings is 1. The molecule has 1 aromatic heterocycles. The third kappa shape index (κ3) is 4.44. The first-order chi connectivity index (χ1) is 12.1. The van der Waals surface area contributed by atoms with Crippen LogP contribution >= 0.6 is 22.9 Å². The average molecular weight is 379 g/mol. The summed E-state index contributed by atoms with van der Waals surface area (Å²) in [7, 11) is 0. The number of carbonyl (C=O) groups excluding carboxylic acids is 1. The summed E-state index contributed by atoms with van der Waals surface area (Å²) in [6, 6.07) is 7.65. The van der Waals surface area contributed by atoms with Gasteiger partial charge in [-0.15, -0.1) is 11.3 Å². The summed E-state index contributed by atoms with van der Waals surface area (Å²) >= 11 is 7.74. The Morgan fingerprint density at radius 2 is 2.12 bits per heavy atom. The number of amides is 2. The SMILES string of the molecule is CCC(NC(=O)N1CCN(c2nc(C)cs2)CC1)c1cccc(Cl)c1. The number of aromatic nitrogens is 1. The molecule has 1 unspecified atom stereocenters. The monoisotopic (exact) mass is 378 g/mol. The number of thiazole rings is 1. The van der Waals surface area contributed by atoms with Crippen LogP contribution in [-0.2, 0) is 0 Å². The highest BCUT2D eigenvalue weighted by Gasteiger charge is 2.24. The van der Waals surface area contributed by atoms with Gasteiger partial charge in [-0.2, -0.15) is 0 Å². The molecule has 1 fully saturated rings. The van der Waals surface area contributed by atoms with Gasteiger partial charge in [-0.1, -0.05) is 30.7 Å². The molecule has 1 N–H and O–H groups in total. The number of piperazine rings is 1. The van der Waals surface area contributed by atoms with Crippen LogP contribution in [0, 0.1) is 6.92 Å². The molecule has 1 aromatic carbocycles. The van der Waals surface area contributed by atoms with E-state index in [-0.39, 0.29) is 12.1 Å². The van der Waals surface area contributed by atoms with Gasteiger partial charge in [0.1, 0.15) is 0 Å². The number of rotatable bonds is 4. The van der Waals surface area contributed by atoms with E-state index in [0.717, 1.165) is 35.9 Å². The van der Waals surface area contributed by atoms with Crippen molar-refractivity contribution < 1.29 is 4.79 Å². The van der Waals surface area contributed by atoms with Crippen molar-refractivity contribution in [2.45, 2.75) is 26.3 Å². The van der Waals surface area contributed by atoms with Gasteiger partial charge in [-0.05, 0) is 31.0 Å². The molecular formula is C18H23ClN4OS. The molecule has 2 aromatic rings. The molecule has 0 saturated carbocycles. The number of nitrogens with zero attached hydrogens (tertiary/aromatic N) is 3. The molecule has 0 radical (unpaired) electrons. The molecule has 1 atom stereocenters. The quantitative estimate of drug-likeness (QED) is 0.871. The minimum Gasteiger partial charge on any atom is -0.345 e. The lowest BCUT2D eigenvalue weighted by molar-refractivity contribution is 0.190. The Morgan fingerprint density at radius 3 is 2.72 bits per heavy atom. The van der Waals surface area contributed by atoms with Gasteiger partial charge in [0.05, 0.1) is 11.7 Å². The number of hydrogen-bond donors (Lipinski definition) is 1.